The maximum Gasteiger partial charge on any atom is 0.332 e. The summed E-state index contributed by atoms with van der Waals surface area (Å²) in [6.45, 7) is 4.81. The number of hydrogen-bond acceptors (Lipinski definition) is 7. The Balaban J connectivity index is 3.19. The number of aromatic nitrogens is 2. The van der Waals surface area contributed by atoms with Gasteiger partial charge in [-0.15, -0.1) is 0 Å². The Morgan fingerprint density at radius 1 is 1.47 bits per heavy atom. The topological polar surface area (TPSA) is 150 Å². The van der Waals surface area contributed by atoms with Crippen molar-refractivity contribution >= 4 is 23.4 Å². The molecular weight excluding hydrogens is 252 g/mol. The number of amides is 1. The van der Waals surface area contributed by atoms with Gasteiger partial charge in [-0.3, -0.25) is 14.9 Å². The highest BCUT2D eigenvalue weighted by molar-refractivity contribution is 5.76. The molecule has 1 aromatic heterocycles. The molecule has 0 fully saturated rings. The van der Waals surface area contributed by atoms with Gasteiger partial charge in [0, 0.05) is 12.0 Å². The SMILES string of the molecule is Cc1nc(N)nc(NC(C)(C)CC(N)=O)c1[N+](=O)[O-]. The van der Waals surface area contributed by atoms with Crippen LogP contribution in [-0.4, -0.2) is 26.3 Å². The Bertz CT molecular complexity index is 528. The van der Waals surface area contributed by atoms with Crippen LogP contribution in [0.15, 0.2) is 0 Å². The van der Waals surface area contributed by atoms with Gasteiger partial charge in [0.25, 0.3) is 0 Å². The van der Waals surface area contributed by atoms with Crippen molar-refractivity contribution in [2.75, 3.05) is 11.1 Å². The number of carbonyl (C=O) groups excluding carboxylic acids is 1. The maximum absolute atomic E-state index is 11.0. The van der Waals surface area contributed by atoms with Gasteiger partial charge >= 0.3 is 5.69 Å². The van der Waals surface area contributed by atoms with Crippen molar-refractivity contribution < 1.29 is 9.72 Å². The molecule has 0 aliphatic heterocycles. The highest BCUT2D eigenvalue weighted by Crippen LogP contribution is 2.28. The smallest absolute Gasteiger partial charge is 0.332 e. The first-order valence-corrected chi connectivity index (χ1v) is 5.47. The molecule has 1 heterocycles. The molecule has 19 heavy (non-hydrogen) atoms. The van der Waals surface area contributed by atoms with Gasteiger partial charge in [0.2, 0.25) is 17.7 Å². The number of aryl methyl sites for hydroxylation is 1. The van der Waals surface area contributed by atoms with Crippen LogP contribution in [0.2, 0.25) is 0 Å². The lowest BCUT2D eigenvalue weighted by Crippen LogP contribution is -2.36. The van der Waals surface area contributed by atoms with Gasteiger partial charge in [0.1, 0.15) is 5.69 Å². The van der Waals surface area contributed by atoms with Crippen molar-refractivity contribution in [3.05, 3.63) is 15.8 Å². The van der Waals surface area contributed by atoms with Gasteiger partial charge in [0.15, 0.2) is 0 Å². The summed E-state index contributed by atoms with van der Waals surface area (Å²) in [7, 11) is 0. The summed E-state index contributed by atoms with van der Waals surface area (Å²) in [5, 5.41) is 13.8. The minimum atomic E-state index is -0.788. The zero-order chi connectivity index (χ0) is 14.8. The van der Waals surface area contributed by atoms with Crippen molar-refractivity contribution in [3.8, 4) is 0 Å². The lowest BCUT2D eigenvalue weighted by atomic mass is 10.0. The van der Waals surface area contributed by atoms with E-state index in [9.17, 15) is 14.9 Å². The zero-order valence-corrected chi connectivity index (χ0v) is 10.9. The second-order valence-corrected chi connectivity index (χ2v) is 4.77. The molecule has 0 aliphatic carbocycles. The van der Waals surface area contributed by atoms with Crippen LogP contribution in [0, 0.1) is 17.0 Å². The predicted octanol–water partition coefficient (Wildman–Crippen LogP) is 0.341. The highest BCUT2D eigenvalue weighted by atomic mass is 16.6. The number of carbonyl (C=O) groups is 1. The number of nitrogens with two attached hydrogens (primary N) is 2. The Labute approximate surface area is 109 Å². The zero-order valence-electron chi connectivity index (χ0n) is 10.9. The standard InChI is InChI=1S/C10H16N6O3/c1-5-7(16(18)19)8(14-9(12)13-5)15-10(2,3)4-6(11)17/h4H2,1-3H3,(H2,11,17)(H3,12,13,14,15). The lowest BCUT2D eigenvalue weighted by Gasteiger charge is -2.25. The largest absolute Gasteiger partial charge is 0.370 e. The molecule has 1 rings (SSSR count). The molecule has 0 radical (unpaired) electrons. The van der Waals surface area contributed by atoms with E-state index < -0.39 is 16.4 Å². The average molecular weight is 268 g/mol. The normalized spacial score (nSPS) is 11.1. The molecule has 9 heteroatoms. The van der Waals surface area contributed by atoms with Crippen molar-refractivity contribution in [3.63, 3.8) is 0 Å². The van der Waals surface area contributed by atoms with Crippen molar-refractivity contribution in [1.29, 1.82) is 0 Å². The van der Waals surface area contributed by atoms with Gasteiger partial charge in [-0.2, -0.15) is 4.98 Å². The second kappa shape index (κ2) is 5.04. The van der Waals surface area contributed by atoms with Crippen LogP contribution < -0.4 is 16.8 Å². The first-order valence-electron chi connectivity index (χ1n) is 5.47. The van der Waals surface area contributed by atoms with E-state index in [2.05, 4.69) is 15.3 Å². The summed E-state index contributed by atoms with van der Waals surface area (Å²) < 4.78 is 0. The third-order valence-electron chi connectivity index (χ3n) is 2.33. The fraction of sp³-hybridized carbons (Fsp3) is 0.500. The van der Waals surface area contributed by atoms with E-state index in [1.54, 1.807) is 13.8 Å². The van der Waals surface area contributed by atoms with E-state index in [0.717, 1.165) is 0 Å². The van der Waals surface area contributed by atoms with Crippen molar-refractivity contribution in [2.24, 2.45) is 5.73 Å². The summed E-state index contributed by atoms with van der Waals surface area (Å²) in [4.78, 5) is 28.9. The number of nitro groups is 1. The number of nitrogens with one attached hydrogen (secondary N) is 1. The van der Waals surface area contributed by atoms with Gasteiger partial charge in [-0.1, -0.05) is 0 Å². The first-order chi connectivity index (χ1) is 8.62. The van der Waals surface area contributed by atoms with Gasteiger partial charge in [-0.25, -0.2) is 4.98 Å². The summed E-state index contributed by atoms with van der Waals surface area (Å²) >= 11 is 0. The Kier molecular flexibility index (Phi) is 3.88. The summed E-state index contributed by atoms with van der Waals surface area (Å²) in [5.74, 6) is -0.638. The maximum atomic E-state index is 11.0. The molecule has 0 aromatic carbocycles. The number of anilines is 2. The minimum Gasteiger partial charge on any atom is -0.370 e. The van der Waals surface area contributed by atoms with Crippen molar-refractivity contribution in [2.45, 2.75) is 32.7 Å². The molecule has 0 bridgehead atoms. The molecule has 9 nitrogen and oxygen atoms in total. The van der Waals surface area contributed by atoms with Crippen LogP contribution >= 0.6 is 0 Å². The number of hydrogen-bond donors (Lipinski definition) is 3. The van der Waals surface area contributed by atoms with Gasteiger partial charge < -0.3 is 16.8 Å². The van der Waals surface area contributed by atoms with E-state index in [0.29, 0.717) is 0 Å². The summed E-state index contributed by atoms with van der Waals surface area (Å²) in [6, 6.07) is 0. The van der Waals surface area contributed by atoms with Crippen LogP contribution in [0.4, 0.5) is 17.5 Å². The molecule has 0 atom stereocenters. The molecule has 0 saturated carbocycles. The van der Waals surface area contributed by atoms with Gasteiger partial charge in [0.05, 0.1) is 4.92 Å². The summed E-state index contributed by atoms with van der Waals surface area (Å²) in [6.07, 6.45) is -0.00684. The number of nitrogens with zero attached hydrogens (tertiary/aromatic N) is 3. The van der Waals surface area contributed by atoms with Crippen molar-refractivity contribution in [1.82, 2.24) is 9.97 Å². The number of nitrogen functional groups attached to an aromatic ring is 1. The summed E-state index contributed by atoms with van der Waals surface area (Å²) in [5.41, 5.74) is 9.68. The van der Waals surface area contributed by atoms with E-state index in [1.807, 2.05) is 0 Å². The third kappa shape index (κ3) is 3.76. The van der Waals surface area contributed by atoms with Crippen LogP contribution in [0.5, 0.6) is 0 Å². The van der Waals surface area contributed by atoms with Crippen LogP contribution in [0.25, 0.3) is 0 Å². The first kappa shape index (κ1) is 14.6. The third-order valence-corrected chi connectivity index (χ3v) is 2.33. The fourth-order valence-corrected chi connectivity index (χ4v) is 1.69. The molecule has 5 N–H and O–H groups in total. The number of primary amides is 1. The van der Waals surface area contributed by atoms with Gasteiger partial charge in [-0.05, 0) is 20.8 Å². The highest BCUT2D eigenvalue weighted by Gasteiger charge is 2.28. The average Bonchev–Trinajstić information content (AvgIpc) is 2.10. The molecule has 1 amide bonds. The Hall–Kier alpha value is -2.45. The van der Waals surface area contributed by atoms with Crippen LogP contribution in [0.1, 0.15) is 26.0 Å². The fourth-order valence-electron chi connectivity index (χ4n) is 1.69. The van der Waals surface area contributed by atoms with Crippen LogP contribution in [-0.2, 0) is 4.79 Å². The van der Waals surface area contributed by atoms with E-state index in [4.69, 9.17) is 11.5 Å². The Morgan fingerprint density at radius 2 is 2.05 bits per heavy atom. The number of rotatable bonds is 5. The van der Waals surface area contributed by atoms with Crippen LogP contribution in [0.3, 0.4) is 0 Å². The predicted molar refractivity (Wildman–Crippen MR) is 69.3 cm³/mol. The second-order valence-electron chi connectivity index (χ2n) is 4.77. The molecule has 0 aliphatic rings. The van der Waals surface area contributed by atoms with E-state index in [1.165, 1.54) is 6.92 Å². The Morgan fingerprint density at radius 3 is 2.53 bits per heavy atom. The van der Waals surface area contributed by atoms with E-state index in [-0.39, 0.29) is 29.6 Å². The monoisotopic (exact) mass is 268 g/mol. The minimum absolute atomic E-state index is 0.00684. The molecule has 0 spiro atoms. The quantitative estimate of drug-likeness (QED) is 0.514. The molecule has 104 valence electrons. The molecule has 1 aromatic rings. The lowest BCUT2D eigenvalue weighted by molar-refractivity contribution is -0.385. The molecule has 0 saturated heterocycles. The van der Waals surface area contributed by atoms with E-state index >= 15 is 0 Å². The molecule has 0 unspecified atom stereocenters. The molecular formula is C10H16N6O3.